The Morgan fingerprint density at radius 3 is 2.38 bits per heavy atom. The number of halogens is 1. The van der Waals surface area contributed by atoms with Crippen LogP contribution in [0.3, 0.4) is 0 Å². The summed E-state index contributed by atoms with van der Waals surface area (Å²) in [4.78, 5) is 11.0. The van der Waals surface area contributed by atoms with E-state index in [4.69, 9.17) is 16.9 Å². The molecule has 2 N–H and O–H groups in total. The summed E-state index contributed by atoms with van der Waals surface area (Å²) in [6.45, 7) is 5.39. The Morgan fingerprint density at radius 1 is 1.62 bits per heavy atom. The van der Waals surface area contributed by atoms with E-state index < -0.39 is 11.6 Å². The van der Waals surface area contributed by atoms with Gasteiger partial charge in [-0.3, -0.25) is 4.79 Å². The van der Waals surface area contributed by atoms with Gasteiger partial charge < -0.3 is 10.5 Å². The lowest BCUT2D eigenvalue weighted by Crippen LogP contribution is -2.29. The molecule has 4 heteroatoms. The van der Waals surface area contributed by atoms with Crippen molar-refractivity contribution in [2.45, 2.75) is 38.8 Å². The number of rotatable bonds is 2. The Kier molecular flexibility index (Phi) is 6.65. The zero-order chi connectivity index (χ0) is 9.78. The summed E-state index contributed by atoms with van der Waals surface area (Å²) in [5.74, 6) is 1.90. The van der Waals surface area contributed by atoms with Crippen LogP contribution in [0.15, 0.2) is 0 Å². The van der Waals surface area contributed by atoms with Crippen molar-refractivity contribution in [2.24, 2.45) is 5.73 Å². The van der Waals surface area contributed by atoms with Gasteiger partial charge in [-0.15, -0.1) is 18.8 Å². The van der Waals surface area contributed by atoms with Crippen LogP contribution >= 0.6 is 12.4 Å². The van der Waals surface area contributed by atoms with E-state index in [-0.39, 0.29) is 24.8 Å². The minimum absolute atomic E-state index is 0. The Hall–Kier alpha value is -0.720. The third-order valence-corrected chi connectivity index (χ3v) is 1.02. The second-order valence-electron chi connectivity index (χ2n) is 3.56. The van der Waals surface area contributed by atoms with Crippen molar-refractivity contribution in [3.05, 3.63) is 0 Å². The Morgan fingerprint density at radius 2 is 2.08 bits per heavy atom. The predicted octanol–water partition coefficient (Wildman–Crippen LogP) is 1.10. The summed E-state index contributed by atoms with van der Waals surface area (Å²) in [6, 6.07) is -0.542. The summed E-state index contributed by atoms with van der Waals surface area (Å²) in [7, 11) is 0. The van der Waals surface area contributed by atoms with Crippen molar-refractivity contribution in [1.82, 2.24) is 0 Å². The van der Waals surface area contributed by atoms with Gasteiger partial charge >= 0.3 is 5.97 Å². The number of carbonyl (C=O) groups excluding carboxylic acids is 1. The Bertz CT molecular complexity index is 203. The first-order chi connectivity index (χ1) is 5.35. The maximum atomic E-state index is 11.0. The highest BCUT2D eigenvalue weighted by molar-refractivity contribution is 5.85. The molecule has 0 spiro atoms. The second-order valence-corrected chi connectivity index (χ2v) is 3.56. The molecule has 76 valence electrons. The van der Waals surface area contributed by atoms with Gasteiger partial charge in [-0.1, -0.05) is 5.92 Å². The van der Waals surface area contributed by atoms with Gasteiger partial charge in [0.25, 0.3) is 0 Å². The van der Waals surface area contributed by atoms with E-state index in [1.807, 2.05) is 0 Å². The molecule has 0 fully saturated rings. The number of hydrogen-bond donors (Lipinski definition) is 1. The van der Waals surface area contributed by atoms with E-state index in [0.717, 1.165) is 0 Å². The molecule has 0 aliphatic rings. The lowest BCUT2D eigenvalue weighted by molar-refractivity contribution is -0.154. The third-order valence-electron chi connectivity index (χ3n) is 1.02. The predicted molar refractivity (Wildman–Crippen MR) is 54.5 cm³/mol. The molecule has 0 aliphatic carbocycles. The molecule has 0 saturated heterocycles. The average molecular weight is 206 g/mol. The van der Waals surface area contributed by atoms with E-state index in [1.165, 1.54) is 0 Å². The summed E-state index contributed by atoms with van der Waals surface area (Å²) in [6.07, 6.45) is 5.08. The molecule has 0 radical (unpaired) electrons. The molecule has 0 aromatic rings. The molecule has 0 heterocycles. The number of carbonyl (C=O) groups is 1. The molecule has 13 heavy (non-hydrogen) atoms. The van der Waals surface area contributed by atoms with E-state index in [1.54, 1.807) is 20.8 Å². The van der Waals surface area contributed by atoms with Crippen LogP contribution in [-0.4, -0.2) is 17.6 Å². The van der Waals surface area contributed by atoms with Crippen LogP contribution < -0.4 is 5.73 Å². The van der Waals surface area contributed by atoms with E-state index in [0.29, 0.717) is 0 Å². The SMILES string of the molecule is C#CC(N)CC(=O)OC(C)(C)C.Cl. The molecule has 0 amide bonds. The Labute approximate surface area is 85.4 Å². The standard InChI is InChI=1S/C9H15NO2.ClH/c1-5-7(10)6-8(11)12-9(2,3)4;/h1,7H,6,10H2,2-4H3;1H. The van der Waals surface area contributed by atoms with Crippen molar-refractivity contribution >= 4 is 18.4 Å². The van der Waals surface area contributed by atoms with Crippen LogP contribution in [-0.2, 0) is 9.53 Å². The highest BCUT2D eigenvalue weighted by Crippen LogP contribution is 2.08. The first kappa shape index (κ1) is 14.8. The van der Waals surface area contributed by atoms with E-state index >= 15 is 0 Å². The van der Waals surface area contributed by atoms with Gasteiger partial charge in [0.1, 0.15) is 5.60 Å². The summed E-state index contributed by atoms with van der Waals surface area (Å²) >= 11 is 0. The molecular formula is C9H16ClNO2. The zero-order valence-electron chi connectivity index (χ0n) is 8.16. The van der Waals surface area contributed by atoms with Crippen LogP contribution in [0.25, 0.3) is 0 Å². The largest absolute Gasteiger partial charge is 0.460 e. The van der Waals surface area contributed by atoms with Crippen molar-refractivity contribution in [3.8, 4) is 12.3 Å². The number of hydrogen-bond acceptors (Lipinski definition) is 3. The number of nitrogens with two attached hydrogens (primary N) is 1. The lowest BCUT2D eigenvalue weighted by atomic mass is 10.2. The lowest BCUT2D eigenvalue weighted by Gasteiger charge is -2.19. The normalized spacial score (nSPS) is 12.2. The molecule has 0 aromatic carbocycles. The first-order valence-electron chi connectivity index (χ1n) is 3.78. The zero-order valence-corrected chi connectivity index (χ0v) is 8.98. The highest BCUT2D eigenvalue weighted by atomic mass is 35.5. The first-order valence-corrected chi connectivity index (χ1v) is 3.78. The average Bonchev–Trinajstić information content (AvgIpc) is 1.82. The van der Waals surface area contributed by atoms with Gasteiger partial charge in [-0.05, 0) is 20.8 Å². The van der Waals surface area contributed by atoms with Crippen molar-refractivity contribution in [3.63, 3.8) is 0 Å². The minimum Gasteiger partial charge on any atom is -0.460 e. The topological polar surface area (TPSA) is 52.3 Å². The molecule has 0 bridgehead atoms. The fraction of sp³-hybridized carbons (Fsp3) is 0.667. The van der Waals surface area contributed by atoms with Gasteiger partial charge in [0.05, 0.1) is 12.5 Å². The Balaban J connectivity index is 0. The molecule has 0 aliphatic heterocycles. The maximum absolute atomic E-state index is 11.0. The third kappa shape index (κ3) is 9.19. The van der Waals surface area contributed by atoms with Gasteiger partial charge in [0.15, 0.2) is 0 Å². The fourth-order valence-electron chi connectivity index (χ4n) is 0.622. The highest BCUT2D eigenvalue weighted by Gasteiger charge is 2.17. The van der Waals surface area contributed by atoms with Gasteiger partial charge in [0.2, 0.25) is 0 Å². The maximum Gasteiger partial charge on any atom is 0.308 e. The molecule has 0 rings (SSSR count). The smallest absolute Gasteiger partial charge is 0.308 e. The van der Waals surface area contributed by atoms with Crippen LogP contribution in [0, 0.1) is 12.3 Å². The van der Waals surface area contributed by atoms with Gasteiger partial charge in [-0.2, -0.15) is 0 Å². The minimum atomic E-state index is -0.542. The van der Waals surface area contributed by atoms with Gasteiger partial charge in [0, 0.05) is 0 Å². The van der Waals surface area contributed by atoms with Crippen molar-refractivity contribution in [1.29, 1.82) is 0 Å². The molecule has 3 nitrogen and oxygen atoms in total. The van der Waals surface area contributed by atoms with Gasteiger partial charge in [-0.25, -0.2) is 0 Å². The molecule has 1 unspecified atom stereocenters. The molecule has 1 atom stereocenters. The number of ether oxygens (including phenoxy) is 1. The fourth-order valence-corrected chi connectivity index (χ4v) is 0.622. The molecule has 0 saturated carbocycles. The van der Waals surface area contributed by atoms with Crippen molar-refractivity contribution in [2.75, 3.05) is 0 Å². The summed E-state index contributed by atoms with van der Waals surface area (Å²) in [5, 5.41) is 0. The van der Waals surface area contributed by atoms with E-state index in [9.17, 15) is 4.79 Å². The summed E-state index contributed by atoms with van der Waals surface area (Å²) in [5.41, 5.74) is 4.89. The number of terminal acetylenes is 1. The number of esters is 1. The van der Waals surface area contributed by atoms with Crippen LogP contribution in [0.1, 0.15) is 27.2 Å². The van der Waals surface area contributed by atoms with Crippen LogP contribution in [0.2, 0.25) is 0 Å². The summed E-state index contributed by atoms with van der Waals surface area (Å²) < 4.78 is 5.00. The van der Waals surface area contributed by atoms with Crippen LogP contribution in [0.4, 0.5) is 0 Å². The van der Waals surface area contributed by atoms with Crippen molar-refractivity contribution < 1.29 is 9.53 Å². The van der Waals surface area contributed by atoms with Crippen LogP contribution in [0.5, 0.6) is 0 Å². The second kappa shape index (κ2) is 5.85. The monoisotopic (exact) mass is 205 g/mol. The van der Waals surface area contributed by atoms with E-state index in [2.05, 4.69) is 5.92 Å². The molecule has 0 aromatic heterocycles. The quantitative estimate of drug-likeness (QED) is 0.543. The molecular weight excluding hydrogens is 190 g/mol.